The molecule has 0 atom stereocenters. The van der Waals surface area contributed by atoms with Gasteiger partial charge in [0, 0.05) is 16.6 Å². The number of hydrogen-bond acceptors (Lipinski definition) is 4. The van der Waals surface area contributed by atoms with Crippen molar-refractivity contribution in [3.63, 3.8) is 0 Å². The molecule has 1 aromatic heterocycles. The van der Waals surface area contributed by atoms with E-state index in [1.807, 2.05) is 54.6 Å². The summed E-state index contributed by atoms with van der Waals surface area (Å²) in [7, 11) is 1.65. The Kier molecular flexibility index (Phi) is 7.62. The number of carbonyl (C=O) groups excluding carboxylic acids is 1. The van der Waals surface area contributed by atoms with Gasteiger partial charge in [-0.3, -0.25) is 4.79 Å². The molecule has 1 N–H and O–H groups in total. The number of methoxy groups -OCH3 is 1. The first-order valence-electron chi connectivity index (χ1n) is 10.9. The van der Waals surface area contributed by atoms with Crippen LogP contribution in [0.4, 0.5) is 0 Å². The zero-order valence-electron chi connectivity index (χ0n) is 18.5. The van der Waals surface area contributed by atoms with E-state index in [2.05, 4.69) is 31.9 Å². The van der Waals surface area contributed by atoms with Crippen LogP contribution >= 0.6 is 15.9 Å². The standard InChI is InChI=1S/C26H26BrN3O3/c1-32-21-11-13-22(14-12-21)33-16-5-4-15-30-24-10-3-2-9-23(24)29-25(30)18-28-26(31)19-7-6-8-20(27)17-19/h2-3,6-14,17H,4-5,15-16,18H2,1H3,(H,28,31). The van der Waals surface area contributed by atoms with E-state index in [1.54, 1.807) is 19.2 Å². The molecule has 3 aromatic carbocycles. The molecule has 0 aliphatic carbocycles. The summed E-state index contributed by atoms with van der Waals surface area (Å²) in [6, 6.07) is 23.0. The van der Waals surface area contributed by atoms with Gasteiger partial charge in [-0.2, -0.15) is 0 Å². The Labute approximate surface area is 201 Å². The third-order valence-electron chi connectivity index (χ3n) is 5.33. The Morgan fingerprint density at radius 1 is 1.00 bits per heavy atom. The molecule has 0 bridgehead atoms. The molecule has 170 valence electrons. The van der Waals surface area contributed by atoms with Crippen LogP contribution in [0.2, 0.25) is 0 Å². The number of imidazole rings is 1. The van der Waals surface area contributed by atoms with Crippen molar-refractivity contribution in [3.05, 3.63) is 88.7 Å². The lowest BCUT2D eigenvalue weighted by atomic mass is 10.2. The lowest BCUT2D eigenvalue weighted by Gasteiger charge is -2.11. The van der Waals surface area contributed by atoms with E-state index in [9.17, 15) is 4.79 Å². The van der Waals surface area contributed by atoms with E-state index in [-0.39, 0.29) is 5.91 Å². The van der Waals surface area contributed by atoms with Gasteiger partial charge >= 0.3 is 0 Å². The number of para-hydroxylation sites is 2. The minimum atomic E-state index is -0.122. The van der Waals surface area contributed by atoms with Crippen LogP contribution in [0.3, 0.4) is 0 Å². The molecule has 0 aliphatic rings. The number of ether oxygens (including phenoxy) is 2. The predicted octanol–water partition coefficient (Wildman–Crippen LogP) is 5.60. The second-order valence-electron chi connectivity index (χ2n) is 7.59. The van der Waals surface area contributed by atoms with E-state index < -0.39 is 0 Å². The molecule has 1 heterocycles. The van der Waals surface area contributed by atoms with Gasteiger partial charge in [0.1, 0.15) is 17.3 Å². The lowest BCUT2D eigenvalue weighted by molar-refractivity contribution is 0.0949. The molecule has 0 unspecified atom stereocenters. The molecule has 4 rings (SSSR count). The number of aryl methyl sites for hydroxylation is 1. The Morgan fingerprint density at radius 2 is 1.79 bits per heavy atom. The van der Waals surface area contributed by atoms with Gasteiger partial charge in [0.25, 0.3) is 5.91 Å². The molecule has 7 heteroatoms. The number of amides is 1. The molecular formula is C26H26BrN3O3. The molecule has 6 nitrogen and oxygen atoms in total. The molecule has 0 saturated heterocycles. The molecular weight excluding hydrogens is 482 g/mol. The number of unbranched alkanes of at least 4 members (excludes halogenated alkanes) is 1. The zero-order chi connectivity index (χ0) is 23.0. The number of carbonyl (C=O) groups is 1. The third kappa shape index (κ3) is 5.93. The SMILES string of the molecule is COc1ccc(OCCCCn2c(CNC(=O)c3cccc(Br)c3)nc3ccccc32)cc1. The third-order valence-corrected chi connectivity index (χ3v) is 5.82. The van der Waals surface area contributed by atoms with Gasteiger partial charge in [0.2, 0.25) is 0 Å². The number of nitrogens with zero attached hydrogens (tertiary/aromatic N) is 2. The molecule has 0 saturated carbocycles. The maximum Gasteiger partial charge on any atom is 0.251 e. The van der Waals surface area contributed by atoms with E-state index in [0.717, 1.165) is 52.2 Å². The van der Waals surface area contributed by atoms with Crippen LogP contribution in [0.1, 0.15) is 29.0 Å². The van der Waals surface area contributed by atoms with Crippen molar-refractivity contribution in [2.75, 3.05) is 13.7 Å². The highest BCUT2D eigenvalue weighted by Gasteiger charge is 2.12. The van der Waals surface area contributed by atoms with Crippen molar-refractivity contribution < 1.29 is 14.3 Å². The van der Waals surface area contributed by atoms with Crippen LogP contribution in [-0.2, 0) is 13.1 Å². The minimum absolute atomic E-state index is 0.122. The van der Waals surface area contributed by atoms with Crippen molar-refractivity contribution in [1.82, 2.24) is 14.9 Å². The summed E-state index contributed by atoms with van der Waals surface area (Å²) < 4.78 is 14.1. The smallest absolute Gasteiger partial charge is 0.251 e. The topological polar surface area (TPSA) is 65.4 Å². The van der Waals surface area contributed by atoms with E-state index >= 15 is 0 Å². The first-order chi connectivity index (χ1) is 16.1. The summed E-state index contributed by atoms with van der Waals surface area (Å²) in [5.41, 5.74) is 2.61. The predicted molar refractivity (Wildman–Crippen MR) is 133 cm³/mol. The molecule has 4 aromatic rings. The quantitative estimate of drug-likeness (QED) is 0.284. The van der Waals surface area contributed by atoms with Crippen LogP contribution in [-0.4, -0.2) is 29.2 Å². The Bertz CT molecular complexity index is 1220. The summed E-state index contributed by atoms with van der Waals surface area (Å²) in [4.78, 5) is 17.3. The number of halogens is 1. The fraction of sp³-hybridized carbons (Fsp3) is 0.231. The average Bonchev–Trinajstić information content (AvgIpc) is 3.20. The van der Waals surface area contributed by atoms with Crippen molar-refractivity contribution in [2.45, 2.75) is 25.9 Å². The highest BCUT2D eigenvalue weighted by Crippen LogP contribution is 2.19. The summed E-state index contributed by atoms with van der Waals surface area (Å²) in [6.45, 7) is 1.80. The summed E-state index contributed by atoms with van der Waals surface area (Å²) in [5, 5.41) is 3.00. The fourth-order valence-corrected chi connectivity index (χ4v) is 4.03. The average molecular weight is 508 g/mol. The zero-order valence-corrected chi connectivity index (χ0v) is 20.0. The first kappa shape index (κ1) is 22.9. The van der Waals surface area contributed by atoms with Crippen LogP contribution in [0.25, 0.3) is 11.0 Å². The Hall–Kier alpha value is -3.32. The van der Waals surface area contributed by atoms with Crippen molar-refractivity contribution >= 4 is 32.9 Å². The molecule has 1 amide bonds. The molecule has 0 fully saturated rings. The number of hydrogen-bond donors (Lipinski definition) is 1. The maximum atomic E-state index is 12.6. The van der Waals surface area contributed by atoms with Crippen LogP contribution in [0.15, 0.2) is 77.3 Å². The van der Waals surface area contributed by atoms with E-state index in [1.165, 1.54) is 0 Å². The normalized spacial score (nSPS) is 10.8. The van der Waals surface area contributed by atoms with Gasteiger partial charge < -0.3 is 19.4 Å². The number of aromatic nitrogens is 2. The van der Waals surface area contributed by atoms with Gasteiger partial charge in [-0.1, -0.05) is 34.1 Å². The first-order valence-corrected chi connectivity index (χ1v) is 11.7. The second kappa shape index (κ2) is 11.0. The van der Waals surface area contributed by atoms with Crippen molar-refractivity contribution in [1.29, 1.82) is 0 Å². The highest BCUT2D eigenvalue weighted by atomic mass is 79.9. The number of nitrogens with one attached hydrogen (secondary N) is 1. The van der Waals surface area contributed by atoms with E-state index in [0.29, 0.717) is 18.7 Å². The fourth-order valence-electron chi connectivity index (χ4n) is 3.63. The molecule has 0 spiro atoms. The number of benzene rings is 3. The van der Waals surface area contributed by atoms with Gasteiger partial charge in [-0.15, -0.1) is 0 Å². The Morgan fingerprint density at radius 3 is 2.58 bits per heavy atom. The minimum Gasteiger partial charge on any atom is -0.497 e. The van der Waals surface area contributed by atoms with Crippen molar-refractivity contribution in [3.8, 4) is 11.5 Å². The lowest BCUT2D eigenvalue weighted by Crippen LogP contribution is -2.24. The number of fused-ring (bicyclic) bond motifs is 1. The molecule has 0 aliphatic heterocycles. The van der Waals surface area contributed by atoms with Gasteiger partial charge in [-0.05, 0) is 67.4 Å². The van der Waals surface area contributed by atoms with Gasteiger partial charge in [0.15, 0.2) is 0 Å². The van der Waals surface area contributed by atoms with Crippen LogP contribution in [0, 0.1) is 0 Å². The van der Waals surface area contributed by atoms with Crippen LogP contribution in [0.5, 0.6) is 11.5 Å². The largest absolute Gasteiger partial charge is 0.497 e. The van der Waals surface area contributed by atoms with Crippen molar-refractivity contribution in [2.24, 2.45) is 0 Å². The van der Waals surface area contributed by atoms with E-state index in [4.69, 9.17) is 14.5 Å². The van der Waals surface area contributed by atoms with Crippen LogP contribution < -0.4 is 14.8 Å². The van der Waals surface area contributed by atoms with Gasteiger partial charge in [-0.25, -0.2) is 4.98 Å². The van der Waals surface area contributed by atoms with Gasteiger partial charge in [0.05, 0.1) is 31.3 Å². The summed E-state index contributed by atoms with van der Waals surface area (Å²) >= 11 is 3.41. The Balaban J connectivity index is 1.36. The molecule has 33 heavy (non-hydrogen) atoms. The summed E-state index contributed by atoms with van der Waals surface area (Å²) in [6.07, 6.45) is 1.84. The monoisotopic (exact) mass is 507 g/mol. The number of rotatable bonds is 10. The molecule has 0 radical (unpaired) electrons. The second-order valence-corrected chi connectivity index (χ2v) is 8.51. The summed E-state index contributed by atoms with van der Waals surface area (Å²) in [5.74, 6) is 2.37. The highest BCUT2D eigenvalue weighted by molar-refractivity contribution is 9.10. The maximum absolute atomic E-state index is 12.6.